The van der Waals surface area contributed by atoms with Crippen molar-refractivity contribution in [3.63, 3.8) is 0 Å². The van der Waals surface area contributed by atoms with E-state index in [1.807, 2.05) is 6.07 Å². The Hall–Kier alpha value is -2.54. The smallest absolute Gasteiger partial charge is 0.312 e. The lowest BCUT2D eigenvalue weighted by Gasteiger charge is -2.12. The van der Waals surface area contributed by atoms with Crippen LogP contribution in [-0.4, -0.2) is 49.8 Å². The van der Waals surface area contributed by atoms with Gasteiger partial charge in [-0.3, -0.25) is 4.79 Å². The lowest BCUT2D eigenvalue weighted by atomic mass is 10.1. The van der Waals surface area contributed by atoms with Crippen molar-refractivity contribution in [1.82, 2.24) is 24.8 Å². The van der Waals surface area contributed by atoms with E-state index in [0.717, 1.165) is 21.3 Å². The topological polar surface area (TPSA) is 128 Å². The van der Waals surface area contributed by atoms with Crippen LogP contribution in [0.2, 0.25) is 0 Å². The van der Waals surface area contributed by atoms with Crippen molar-refractivity contribution in [2.24, 2.45) is 0 Å². The molecule has 0 spiro atoms. The van der Waals surface area contributed by atoms with Crippen molar-refractivity contribution >= 4 is 45.5 Å². The maximum Gasteiger partial charge on any atom is 0.312 e. The highest BCUT2D eigenvalue weighted by atomic mass is 127. The predicted octanol–water partition coefficient (Wildman–Crippen LogP) is 1.56. The minimum absolute atomic E-state index is 0.0168. The summed E-state index contributed by atoms with van der Waals surface area (Å²) >= 11 is 2.29. The van der Waals surface area contributed by atoms with E-state index in [1.54, 1.807) is 4.57 Å². The first-order valence-electron chi connectivity index (χ1n) is 9.91. The van der Waals surface area contributed by atoms with E-state index in [4.69, 9.17) is 10.5 Å². The number of hydrogen-bond acceptors (Lipinski definition) is 7. The average molecular weight is 540 g/mol. The third-order valence-corrected chi connectivity index (χ3v) is 6.12. The molecule has 0 fully saturated rings. The molecule has 4 rings (SSSR count). The van der Waals surface area contributed by atoms with Gasteiger partial charge in [-0.1, -0.05) is 0 Å². The van der Waals surface area contributed by atoms with Crippen LogP contribution in [-0.2, 0) is 24.2 Å². The van der Waals surface area contributed by atoms with Gasteiger partial charge in [-0.2, -0.15) is 14.4 Å². The number of aliphatic hydroxyl groups is 1. The second kappa shape index (κ2) is 8.91. The summed E-state index contributed by atoms with van der Waals surface area (Å²) < 4.78 is 22.5. The Morgan fingerprint density at radius 2 is 2.23 bits per heavy atom. The highest BCUT2D eigenvalue weighted by molar-refractivity contribution is 14.1. The lowest BCUT2D eigenvalue weighted by Crippen LogP contribution is -2.33. The Kier molecular flexibility index (Phi) is 6.23. The molecule has 0 aliphatic carbocycles. The molecule has 0 saturated heterocycles. The third-order valence-electron chi connectivity index (χ3n) is 5.12. The number of halogens is 2. The van der Waals surface area contributed by atoms with Gasteiger partial charge >= 0.3 is 6.08 Å². The van der Waals surface area contributed by atoms with Crippen LogP contribution in [0.1, 0.15) is 30.3 Å². The standard InChI is InChI=1S/C20H22FIN6O3/c1-10(29)19(30)24-4-2-5-28-15(25-16-17(23)26-20(21)27-18(16)28)9-12-8-14-11(3-6-31-14)7-13(12)22/h7-8,10,29H,2-6,9H2,1H3,(H,24,30)(H2,23,26,27). The van der Waals surface area contributed by atoms with Crippen molar-refractivity contribution in [2.75, 3.05) is 18.9 Å². The Balaban J connectivity index is 1.64. The summed E-state index contributed by atoms with van der Waals surface area (Å²) in [4.78, 5) is 23.7. The number of nitrogens with two attached hydrogens (primary N) is 1. The fourth-order valence-corrected chi connectivity index (χ4v) is 4.27. The number of aliphatic hydroxyl groups excluding tert-OH is 1. The second-order valence-electron chi connectivity index (χ2n) is 7.38. The normalized spacial score (nSPS) is 13.8. The van der Waals surface area contributed by atoms with Crippen LogP contribution in [0, 0.1) is 9.65 Å². The van der Waals surface area contributed by atoms with Crippen LogP contribution in [0.5, 0.6) is 5.75 Å². The third kappa shape index (κ3) is 4.56. The lowest BCUT2D eigenvalue weighted by molar-refractivity contribution is -0.128. The molecule has 0 saturated carbocycles. The van der Waals surface area contributed by atoms with Gasteiger partial charge in [-0.15, -0.1) is 0 Å². The molecule has 11 heteroatoms. The van der Waals surface area contributed by atoms with E-state index in [2.05, 4.69) is 48.9 Å². The maximum atomic E-state index is 13.9. The molecule has 1 atom stereocenters. The number of carbonyl (C=O) groups is 1. The molecule has 1 aliphatic rings. The zero-order valence-electron chi connectivity index (χ0n) is 16.9. The number of anilines is 1. The van der Waals surface area contributed by atoms with Crippen LogP contribution in [0.3, 0.4) is 0 Å². The number of nitrogen functional groups attached to an aromatic ring is 1. The molecule has 0 bridgehead atoms. The highest BCUT2D eigenvalue weighted by Gasteiger charge is 2.20. The Labute approximate surface area is 191 Å². The van der Waals surface area contributed by atoms with Crippen LogP contribution < -0.4 is 15.8 Å². The molecule has 1 amide bonds. The molecule has 164 valence electrons. The summed E-state index contributed by atoms with van der Waals surface area (Å²) in [5.41, 5.74) is 8.77. The monoisotopic (exact) mass is 540 g/mol. The highest BCUT2D eigenvalue weighted by Crippen LogP contribution is 2.31. The number of carbonyl (C=O) groups excluding carboxylic acids is 1. The van der Waals surface area contributed by atoms with Gasteiger partial charge in [-0.25, -0.2) is 4.98 Å². The van der Waals surface area contributed by atoms with Gasteiger partial charge in [0.2, 0.25) is 5.91 Å². The summed E-state index contributed by atoms with van der Waals surface area (Å²) in [6.45, 7) is 2.86. The van der Waals surface area contributed by atoms with Gasteiger partial charge in [0.15, 0.2) is 17.0 Å². The van der Waals surface area contributed by atoms with Gasteiger partial charge in [0.25, 0.3) is 0 Å². The van der Waals surface area contributed by atoms with Gasteiger partial charge in [0.1, 0.15) is 17.7 Å². The minimum atomic E-state index is -1.07. The number of ether oxygens (including phenoxy) is 1. The first-order chi connectivity index (χ1) is 14.8. The molecule has 4 N–H and O–H groups in total. The summed E-state index contributed by atoms with van der Waals surface area (Å²) in [5, 5.41) is 11.9. The quantitative estimate of drug-likeness (QED) is 0.236. The summed E-state index contributed by atoms with van der Waals surface area (Å²) in [7, 11) is 0. The number of amides is 1. The molecule has 9 nitrogen and oxygen atoms in total. The van der Waals surface area contributed by atoms with Crippen LogP contribution in [0.4, 0.5) is 10.2 Å². The van der Waals surface area contributed by atoms with Crippen molar-refractivity contribution in [3.8, 4) is 5.75 Å². The molecule has 1 unspecified atom stereocenters. The van der Waals surface area contributed by atoms with Crippen LogP contribution >= 0.6 is 22.6 Å². The van der Waals surface area contributed by atoms with E-state index in [-0.39, 0.29) is 5.82 Å². The molecule has 1 aliphatic heterocycles. The van der Waals surface area contributed by atoms with E-state index in [1.165, 1.54) is 12.5 Å². The number of nitrogens with one attached hydrogen (secondary N) is 1. The first kappa shape index (κ1) is 21.7. The van der Waals surface area contributed by atoms with Crippen molar-refractivity contribution in [3.05, 3.63) is 38.7 Å². The van der Waals surface area contributed by atoms with Crippen LogP contribution in [0.15, 0.2) is 12.1 Å². The van der Waals surface area contributed by atoms with Gasteiger partial charge in [-0.05, 0) is 59.2 Å². The maximum absolute atomic E-state index is 13.9. The zero-order valence-corrected chi connectivity index (χ0v) is 19.0. The predicted molar refractivity (Wildman–Crippen MR) is 120 cm³/mol. The zero-order chi connectivity index (χ0) is 22.1. The SMILES string of the molecule is CC(O)C(=O)NCCCn1c(Cc2cc3c(cc2I)CCO3)nc2c(N)nc(F)nc21. The summed E-state index contributed by atoms with van der Waals surface area (Å²) in [6.07, 6.45) is -0.0802. The van der Waals surface area contributed by atoms with Gasteiger partial charge in [0.05, 0.1) is 6.61 Å². The van der Waals surface area contributed by atoms with Crippen molar-refractivity contribution in [1.29, 1.82) is 0 Å². The molecular formula is C20H22FIN6O3. The number of rotatable bonds is 7. The molecule has 0 radical (unpaired) electrons. The Morgan fingerprint density at radius 1 is 1.42 bits per heavy atom. The number of hydrogen-bond donors (Lipinski definition) is 3. The summed E-state index contributed by atoms with van der Waals surface area (Å²) in [5.74, 6) is 1.08. The summed E-state index contributed by atoms with van der Waals surface area (Å²) in [6, 6.07) is 4.14. The second-order valence-corrected chi connectivity index (χ2v) is 8.54. The van der Waals surface area contributed by atoms with Gasteiger partial charge < -0.3 is 25.5 Å². The molecule has 31 heavy (non-hydrogen) atoms. The number of aromatic nitrogens is 4. The van der Waals surface area contributed by atoms with E-state index in [0.29, 0.717) is 49.5 Å². The van der Waals surface area contributed by atoms with Gasteiger partial charge in [0, 0.05) is 29.5 Å². The fraction of sp³-hybridized carbons (Fsp3) is 0.400. The van der Waals surface area contributed by atoms with Crippen molar-refractivity contribution in [2.45, 2.75) is 38.8 Å². The average Bonchev–Trinajstić information content (AvgIpc) is 3.29. The Bertz CT molecular complexity index is 1150. The molecule has 3 heterocycles. The van der Waals surface area contributed by atoms with Crippen LogP contribution in [0.25, 0.3) is 11.2 Å². The molecule has 1 aromatic carbocycles. The number of imidazole rings is 1. The molecule has 3 aromatic rings. The van der Waals surface area contributed by atoms with E-state index >= 15 is 0 Å². The molecule has 2 aromatic heterocycles. The van der Waals surface area contributed by atoms with E-state index in [9.17, 15) is 14.3 Å². The largest absolute Gasteiger partial charge is 0.493 e. The van der Waals surface area contributed by atoms with E-state index < -0.39 is 18.1 Å². The number of benzene rings is 1. The molecular weight excluding hydrogens is 518 g/mol. The number of aryl methyl sites for hydroxylation is 1. The fourth-order valence-electron chi connectivity index (χ4n) is 3.55. The minimum Gasteiger partial charge on any atom is -0.493 e. The number of fused-ring (bicyclic) bond motifs is 2. The Morgan fingerprint density at radius 3 is 3.00 bits per heavy atom. The van der Waals surface area contributed by atoms with Crippen molar-refractivity contribution < 1.29 is 19.0 Å². The number of nitrogens with zero attached hydrogens (tertiary/aromatic N) is 4. The first-order valence-corrected chi connectivity index (χ1v) is 11.0.